The third-order valence-corrected chi connectivity index (χ3v) is 8.67. The van der Waals surface area contributed by atoms with Gasteiger partial charge in [-0.3, -0.25) is 4.79 Å². The first-order valence-corrected chi connectivity index (χ1v) is 9.28. The molecule has 4 atom stereocenters. The molecule has 1 saturated heterocycles. The number of hydrogen-bond donors (Lipinski definition) is 1. The van der Waals surface area contributed by atoms with E-state index in [9.17, 15) is 9.90 Å². The lowest BCUT2D eigenvalue weighted by atomic mass is 10.0. The van der Waals surface area contributed by atoms with E-state index in [0.29, 0.717) is 0 Å². The molecule has 0 spiro atoms. The van der Waals surface area contributed by atoms with Crippen molar-refractivity contribution >= 4 is 14.1 Å². The molecule has 0 amide bonds. The third kappa shape index (κ3) is 2.20. The summed E-state index contributed by atoms with van der Waals surface area (Å²) in [4.78, 5) is 12.1. The second-order valence-electron chi connectivity index (χ2n) is 6.60. The van der Waals surface area contributed by atoms with Crippen LogP contribution in [0.25, 0.3) is 0 Å². The average molecular weight is 270 g/mol. The Bertz CT molecular complexity index is 383. The minimum Gasteiger partial charge on any atom is -0.404 e. The van der Waals surface area contributed by atoms with Gasteiger partial charge in [-0.25, -0.2) is 0 Å². The van der Waals surface area contributed by atoms with Gasteiger partial charge in [0.15, 0.2) is 14.1 Å². The molecule has 2 bridgehead atoms. The van der Waals surface area contributed by atoms with E-state index in [1.807, 2.05) is 6.08 Å². The van der Waals surface area contributed by atoms with Crippen LogP contribution in [0.3, 0.4) is 0 Å². The highest BCUT2D eigenvalue weighted by Gasteiger charge is 2.50. The van der Waals surface area contributed by atoms with Gasteiger partial charge in [-0.2, -0.15) is 0 Å². The lowest BCUT2D eigenvalue weighted by Gasteiger charge is -2.42. The van der Waals surface area contributed by atoms with Crippen molar-refractivity contribution in [3.63, 3.8) is 0 Å². The number of rotatable bonds is 2. The molecule has 102 valence electrons. The molecular weight excluding hydrogens is 248 g/mol. The number of aliphatic hydroxyl groups is 1. The molecule has 0 aliphatic carbocycles. The Hall–Kier alpha value is -0.493. The minimum atomic E-state index is -2.05. The van der Waals surface area contributed by atoms with Crippen LogP contribution in [0.15, 0.2) is 12.2 Å². The fraction of sp³-hybridized carbons (Fsp3) is 0.769. The quantitative estimate of drug-likeness (QED) is 0.612. The topological polar surface area (TPSA) is 55.8 Å². The van der Waals surface area contributed by atoms with Gasteiger partial charge in [0, 0.05) is 0 Å². The SMILES string of the molecule is CC(C)(C)[Si](C)(C)O[C@H]1C(=O)[C@@H](O)[C@@H]2C=C[C@H]1O2. The Kier molecular flexibility index (Phi) is 3.30. The van der Waals surface area contributed by atoms with E-state index in [2.05, 4.69) is 33.9 Å². The molecule has 2 rings (SSSR count). The zero-order valence-corrected chi connectivity index (χ0v) is 12.6. The molecule has 1 fully saturated rings. The summed E-state index contributed by atoms with van der Waals surface area (Å²) in [6.45, 7) is 10.6. The van der Waals surface area contributed by atoms with Gasteiger partial charge in [-0.05, 0) is 18.1 Å². The Morgan fingerprint density at radius 1 is 1.28 bits per heavy atom. The van der Waals surface area contributed by atoms with Crippen LogP contribution in [0.5, 0.6) is 0 Å². The van der Waals surface area contributed by atoms with Gasteiger partial charge in [-0.15, -0.1) is 0 Å². The standard InChI is InChI=1S/C13H22O4Si/c1-13(2,3)18(4,5)17-12-9-7-6-8(16-9)10(14)11(12)15/h6-10,12,14H,1-5H3/t8-,9+,10-,12+/m0/s1. The number of carbonyl (C=O) groups excluding carboxylic acids is 1. The van der Waals surface area contributed by atoms with Gasteiger partial charge < -0.3 is 14.3 Å². The van der Waals surface area contributed by atoms with E-state index in [1.54, 1.807) is 6.08 Å². The highest BCUT2D eigenvalue weighted by atomic mass is 28.4. The summed E-state index contributed by atoms with van der Waals surface area (Å²) < 4.78 is 11.7. The first kappa shape index (κ1) is 13.9. The van der Waals surface area contributed by atoms with Gasteiger partial charge in [0.25, 0.3) is 0 Å². The molecule has 5 heteroatoms. The molecule has 0 aromatic carbocycles. The highest BCUT2D eigenvalue weighted by Crippen LogP contribution is 2.39. The molecule has 2 aliphatic heterocycles. The summed E-state index contributed by atoms with van der Waals surface area (Å²) in [5.74, 6) is -0.244. The van der Waals surface area contributed by atoms with Crippen LogP contribution in [-0.2, 0) is 14.0 Å². The normalized spacial score (nSPS) is 36.2. The first-order chi connectivity index (χ1) is 8.13. The second kappa shape index (κ2) is 4.26. The molecule has 1 N–H and O–H groups in total. The van der Waals surface area contributed by atoms with Crippen LogP contribution in [0, 0.1) is 0 Å². The van der Waals surface area contributed by atoms with Crippen molar-refractivity contribution in [3.8, 4) is 0 Å². The van der Waals surface area contributed by atoms with Gasteiger partial charge in [0.1, 0.15) is 24.4 Å². The maximum Gasteiger partial charge on any atom is 0.194 e. The van der Waals surface area contributed by atoms with Gasteiger partial charge in [0.05, 0.1) is 0 Å². The van der Waals surface area contributed by atoms with Crippen molar-refractivity contribution in [2.24, 2.45) is 0 Å². The molecule has 2 heterocycles. The molecule has 0 aromatic heterocycles. The second-order valence-corrected chi connectivity index (χ2v) is 11.4. The Morgan fingerprint density at radius 3 is 2.39 bits per heavy atom. The largest absolute Gasteiger partial charge is 0.404 e. The average Bonchev–Trinajstić information content (AvgIpc) is 2.66. The molecule has 0 unspecified atom stereocenters. The van der Waals surface area contributed by atoms with Crippen LogP contribution in [0.1, 0.15) is 20.8 Å². The Labute approximate surface area is 109 Å². The Balaban J connectivity index is 2.18. The van der Waals surface area contributed by atoms with Crippen LogP contribution in [0.4, 0.5) is 0 Å². The lowest BCUT2D eigenvalue weighted by molar-refractivity contribution is -0.162. The number of fused-ring (bicyclic) bond motifs is 2. The van der Waals surface area contributed by atoms with Crippen molar-refractivity contribution in [2.75, 3.05) is 0 Å². The number of ether oxygens (including phenoxy) is 1. The van der Waals surface area contributed by atoms with E-state index in [-0.39, 0.29) is 16.9 Å². The monoisotopic (exact) mass is 270 g/mol. The van der Waals surface area contributed by atoms with E-state index in [0.717, 1.165) is 0 Å². The van der Waals surface area contributed by atoms with E-state index in [1.165, 1.54) is 0 Å². The van der Waals surface area contributed by atoms with Crippen molar-refractivity contribution in [1.82, 2.24) is 0 Å². The van der Waals surface area contributed by atoms with Crippen LogP contribution in [0.2, 0.25) is 18.1 Å². The minimum absolute atomic E-state index is 0.0252. The first-order valence-electron chi connectivity index (χ1n) is 6.37. The lowest BCUT2D eigenvalue weighted by Crippen LogP contribution is -2.56. The number of hydrogen-bond acceptors (Lipinski definition) is 4. The summed E-state index contributed by atoms with van der Waals surface area (Å²) in [6, 6.07) is 0. The zero-order chi connectivity index (χ0) is 13.7. The van der Waals surface area contributed by atoms with Crippen molar-refractivity contribution < 1.29 is 19.1 Å². The van der Waals surface area contributed by atoms with Crippen molar-refractivity contribution in [1.29, 1.82) is 0 Å². The van der Waals surface area contributed by atoms with Gasteiger partial charge in [-0.1, -0.05) is 32.9 Å². The molecule has 18 heavy (non-hydrogen) atoms. The number of ketones is 1. The predicted molar refractivity (Wildman–Crippen MR) is 70.9 cm³/mol. The van der Waals surface area contributed by atoms with E-state index in [4.69, 9.17) is 9.16 Å². The predicted octanol–water partition coefficient (Wildman–Crippen LogP) is 1.64. The summed E-state index contributed by atoms with van der Waals surface area (Å²) in [5, 5.41) is 9.87. The zero-order valence-electron chi connectivity index (χ0n) is 11.6. The van der Waals surface area contributed by atoms with Crippen molar-refractivity contribution in [2.45, 2.75) is 63.3 Å². The summed E-state index contributed by atoms with van der Waals surface area (Å²) >= 11 is 0. The molecule has 0 radical (unpaired) electrons. The maximum absolute atomic E-state index is 12.1. The van der Waals surface area contributed by atoms with Crippen LogP contribution in [-0.4, -0.2) is 43.6 Å². The molecule has 0 aromatic rings. The summed E-state index contributed by atoms with van der Waals surface area (Å²) in [6.07, 6.45) is 1.02. The molecule has 2 aliphatic rings. The smallest absolute Gasteiger partial charge is 0.194 e. The fourth-order valence-corrected chi connectivity index (χ4v) is 3.19. The molecular formula is C13H22O4Si. The summed E-state index contributed by atoms with van der Waals surface area (Å²) in [5.41, 5.74) is 0. The van der Waals surface area contributed by atoms with Crippen LogP contribution >= 0.6 is 0 Å². The van der Waals surface area contributed by atoms with Gasteiger partial charge >= 0.3 is 0 Å². The van der Waals surface area contributed by atoms with E-state index < -0.39 is 26.6 Å². The molecule has 0 saturated carbocycles. The molecule has 4 nitrogen and oxygen atoms in total. The maximum atomic E-state index is 12.1. The highest BCUT2D eigenvalue weighted by molar-refractivity contribution is 6.74. The Morgan fingerprint density at radius 2 is 1.83 bits per heavy atom. The fourth-order valence-electron chi connectivity index (χ4n) is 1.95. The van der Waals surface area contributed by atoms with E-state index >= 15 is 0 Å². The van der Waals surface area contributed by atoms with Gasteiger partial charge in [0.2, 0.25) is 0 Å². The van der Waals surface area contributed by atoms with Crippen molar-refractivity contribution in [3.05, 3.63) is 12.2 Å². The number of Topliss-reactive ketones (excluding diaryl/α,β-unsaturated/α-hetero) is 1. The third-order valence-electron chi connectivity index (χ3n) is 4.21. The summed E-state index contributed by atoms with van der Waals surface area (Å²) in [7, 11) is -2.05. The number of carbonyl (C=O) groups is 1. The number of aliphatic hydroxyl groups excluding tert-OH is 1. The van der Waals surface area contributed by atoms with Crippen LogP contribution < -0.4 is 0 Å².